The largest absolute Gasteiger partial charge is 0.497 e. The smallest absolute Gasteiger partial charge is 0.429 e. The molecule has 0 aliphatic rings. The zero-order valence-corrected chi connectivity index (χ0v) is 14.5. The number of carbonyl (C=O) groups excluding carboxylic acids is 2. The van der Waals surface area contributed by atoms with Gasteiger partial charge in [0.2, 0.25) is 0 Å². The van der Waals surface area contributed by atoms with Crippen molar-refractivity contribution in [1.82, 2.24) is 10.4 Å². The van der Waals surface area contributed by atoms with Crippen LogP contribution in [0, 0.1) is 0 Å². The molecule has 1 atom stereocenters. The number of benzene rings is 1. The lowest BCUT2D eigenvalue weighted by atomic mass is 9.91. The number of nitrogens with one attached hydrogen (secondary N) is 1. The first-order valence-electron chi connectivity index (χ1n) is 7.61. The first-order valence-corrected chi connectivity index (χ1v) is 7.61. The van der Waals surface area contributed by atoms with E-state index in [-0.39, 0.29) is 13.2 Å². The van der Waals surface area contributed by atoms with Gasteiger partial charge in [0.15, 0.2) is 0 Å². The van der Waals surface area contributed by atoms with Gasteiger partial charge in [0, 0.05) is 0 Å². The van der Waals surface area contributed by atoms with E-state index in [9.17, 15) is 9.59 Å². The number of methoxy groups -OCH3 is 1. The van der Waals surface area contributed by atoms with Gasteiger partial charge in [-0.2, -0.15) is 0 Å². The number of nitrogens with zero attached hydrogens (tertiary/aromatic N) is 1. The Balaban J connectivity index is 3.28. The number of amides is 2. The second-order valence-electron chi connectivity index (χ2n) is 4.95. The lowest BCUT2D eigenvalue weighted by Gasteiger charge is -2.37. The Morgan fingerprint density at radius 1 is 1.29 bits per heavy atom. The summed E-state index contributed by atoms with van der Waals surface area (Å²) in [4.78, 5) is 24.2. The van der Waals surface area contributed by atoms with Crippen LogP contribution in [-0.2, 0) is 15.0 Å². The van der Waals surface area contributed by atoms with E-state index >= 15 is 0 Å². The van der Waals surface area contributed by atoms with Crippen molar-refractivity contribution < 1.29 is 23.8 Å². The maximum Gasteiger partial charge on any atom is 0.429 e. The van der Waals surface area contributed by atoms with Crippen molar-refractivity contribution in [2.75, 3.05) is 20.3 Å². The highest BCUT2D eigenvalue weighted by Gasteiger charge is 2.37. The van der Waals surface area contributed by atoms with Crippen molar-refractivity contribution >= 4 is 12.2 Å². The molecule has 0 saturated carbocycles. The Kier molecular flexibility index (Phi) is 7.10. The molecule has 0 fully saturated rings. The molecule has 0 spiro atoms. The van der Waals surface area contributed by atoms with E-state index in [2.05, 4.69) is 12.0 Å². The molecule has 1 aromatic carbocycles. The topological polar surface area (TPSA) is 77.1 Å². The molecule has 0 radical (unpaired) electrons. The van der Waals surface area contributed by atoms with Crippen LogP contribution < -0.4 is 10.2 Å². The predicted molar refractivity (Wildman–Crippen MR) is 89.6 cm³/mol. The number of hydrogen-bond donors (Lipinski definition) is 1. The van der Waals surface area contributed by atoms with Crippen LogP contribution in [0.1, 0.15) is 26.3 Å². The molecule has 0 saturated heterocycles. The summed E-state index contributed by atoms with van der Waals surface area (Å²) < 4.78 is 15.1. The molecule has 2 amide bonds. The van der Waals surface area contributed by atoms with Gasteiger partial charge in [0.25, 0.3) is 0 Å². The zero-order valence-electron chi connectivity index (χ0n) is 14.5. The van der Waals surface area contributed by atoms with Crippen LogP contribution in [0.4, 0.5) is 9.59 Å². The summed E-state index contributed by atoms with van der Waals surface area (Å²) in [6.07, 6.45) is 0.0440. The second kappa shape index (κ2) is 8.81. The van der Waals surface area contributed by atoms with Crippen molar-refractivity contribution in [1.29, 1.82) is 0 Å². The van der Waals surface area contributed by atoms with Gasteiger partial charge in [-0.15, -0.1) is 6.58 Å². The summed E-state index contributed by atoms with van der Waals surface area (Å²) >= 11 is 0. The maximum atomic E-state index is 12.4. The van der Waals surface area contributed by atoms with E-state index in [0.29, 0.717) is 11.3 Å². The van der Waals surface area contributed by atoms with Crippen LogP contribution >= 0.6 is 0 Å². The van der Waals surface area contributed by atoms with Crippen LogP contribution in [0.3, 0.4) is 0 Å². The van der Waals surface area contributed by atoms with Gasteiger partial charge in [0.05, 0.1) is 20.3 Å². The minimum absolute atomic E-state index is 0.158. The van der Waals surface area contributed by atoms with E-state index in [0.717, 1.165) is 5.01 Å². The van der Waals surface area contributed by atoms with E-state index in [1.807, 2.05) is 0 Å². The second-order valence-corrected chi connectivity index (χ2v) is 4.95. The van der Waals surface area contributed by atoms with Gasteiger partial charge in [-0.05, 0) is 38.5 Å². The molecule has 1 rings (SSSR count). The van der Waals surface area contributed by atoms with Crippen LogP contribution in [0.15, 0.2) is 36.9 Å². The molecule has 0 aliphatic carbocycles. The average molecular weight is 336 g/mol. The first-order chi connectivity index (χ1) is 11.4. The number of hydrazine groups is 1. The third-order valence-electron chi connectivity index (χ3n) is 3.45. The Morgan fingerprint density at radius 3 is 2.50 bits per heavy atom. The lowest BCUT2D eigenvalue weighted by molar-refractivity contribution is 0.0375. The fourth-order valence-corrected chi connectivity index (χ4v) is 2.07. The number of rotatable bonds is 6. The minimum atomic E-state index is -1.08. The van der Waals surface area contributed by atoms with Gasteiger partial charge in [-0.25, -0.2) is 20.0 Å². The van der Waals surface area contributed by atoms with Gasteiger partial charge in [-0.3, -0.25) is 0 Å². The van der Waals surface area contributed by atoms with Gasteiger partial charge < -0.3 is 14.2 Å². The van der Waals surface area contributed by atoms with Gasteiger partial charge >= 0.3 is 12.2 Å². The molecule has 7 heteroatoms. The molecule has 7 nitrogen and oxygen atoms in total. The van der Waals surface area contributed by atoms with Gasteiger partial charge in [-0.1, -0.05) is 18.2 Å². The first kappa shape index (κ1) is 19.3. The Labute approximate surface area is 142 Å². The summed E-state index contributed by atoms with van der Waals surface area (Å²) in [5, 5.41) is 1.05. The summed E-state index contributed by atoms with van der Waals surface area (Å²) in [5.74, 6) is 0.612. The number of hydrogen-bond acceptors (Lipinski definition) is 5. The fourth-order valence-electron chi connectivity index (χ4n) is 2.07. The average Bonchev–Trinajstić information content (AvgIpc) is 2.59. The molecule has 0 aliphatic heterocycles. The van der Waals surface area contributed by atoms with Crippen LogP contribution in [-0.4, -0.2) is 37.5 Å². The maximum absolute atomic E-state index is 12.4. The Bertz CT molecular complexity index is 590. The third kappa shape index (κ3) is 4.41. The van der Waals surface area contributed by atoms with Crippen molar-refractivity contribution in [2.45, 2.75) is 26.3 Å². The van der Waals surface area contributed by atoms with Crippen molar-refractivity contribution in [3.05, 3.63) is 42.5 Å². The number of ether oxygens (including phenoxy) is 3. The molecule has 0 bridgehead atoms. The van der Waals surface area contributed by atoms with Crippen molar-refractivity contribution in [3.8, 4) is 5.75 Å². The summed E-state index contributed by atoms with van der Waals surface area (Å²) in [6.45, 7) is 9.20. The molecule has 1 N–H and O–H groups in total. The normalized spacial score (nSPS) is 12.5. The molecule has 0 aromatic heterocycles. The predicted octanol–water partition coefficient (Wildman–Crippen LogP) is 3.22. The molecule has 0 heterocycles. The zero-order chi connectivity index (χ0) is 18.2. The summed E-state index contributed by atoms with van der Waals surface area (Å²) in [7, 11) is 1.55. The molecular weight excluding hydrogens is 312 g/mol. The molecular formula is C17H24N2O5. The molecule has 132 valence electrons. The van der Waals surface area contributed by atoms with Gasteiger partial charge in [0.1, 0.15) is 11.3 Å². The highest BCUT2D eigenvalue weighted by Crippen LogP contribution is 2.31. The van der Waals surface area contributed by atoms with Crippen LogP contribution in [0.2, 0.25) is 0 Å². The number of carbonyl (C=O) groups is 2. The molecule has 24 heavy (non-hydrogen) atoms. The summed E-state index contributed by atoms with van der Waals surface area (Å²) in [6, 6.07) is 7.11. The van der Waals surface area contributed by atoms with Crippen molar-refractivity contribution in [3.63, 3.8) is 0 Å². The van der Waals surface area contributed by atoms with Crippen LogP contribution in [0.25, 0.3) is 0 Å². The SMILES string of the molecule is C=CC(C)(c1cccc(OC)c1)N(NC(=O)OCC)C(=O)OCC. The monoisotopic (exact) mass is 336 g/mol. The van der Waals surface area contributed by atoms with E-state index in [4.69, 9.17) is 14.2 Å². The Hall–Kier alpha value is -2.70. The summed E-state index contributed by atoms with van der Waals surface area (Å²) in [5.41, 5.74) is 2.02. The van der Waals surface area contributed by atoms with E-state index < -0.39 is 17.7 Å². The standard InChI is InChI=1S/C17H24N2O5/c1-6-17(4,13-10-9-11-14(12-13)22-5)19(16(21)24-8-3)18-15(20)23-7-2/h6,9-12H,1,7-8H2,2-5H3,(H,18,20). The van der Waals surface area contributed by atoms with E-state index in [1.165, 1.54) is 6.08 Å². The highest BCUT2D eigenvalue weighted by atomic mass is 16.6. The molecule has 1 unspecified atom stereocenters. The third-order valence-corrected chi connectivity index (χ3v) is 3.45. The Morgan fingerprint density at radius 2 is 1.96 bits per heavy atom. The highest BCUT2D eigenvalue weighted by molar-refractivity contribution is 5.75. The lowest BCUT2D eigenvalue weighted by Crippen LogP contribution is -2.56. The van der Waals surface area contributed by atoms with Crippen LogP contribution in [0.5, 0.6) is 5.75 Å². The molecule has 1 aromatic rings. The quantitative estimate of drug-likeness (QED) is 0.637. The van der Waals surface area contributed by atoms with E-state index in [1.54, 1.807) is 52.1 Å². The fraction of sp³-hybridized carbons (Fsp3) is 0.412. The minimum Gasteiger partial charge on any atom is -0.497 e. The van der Waals surface area contributed by atoms with Crippen molar-refractivity contribution in [2.24, 2.45) is 0 Å².